The predicted octanol–water partition coefficient (Wildman–Crippen LogP) is 1.83. The van der Waals surface area contributed by atoms with Crippen LogP contribution in [-0.2, 0) is 17.6 Å². The lowest BCUT2D eigenvalue weighted by atomic mass is 10.3. The summed E-state index contributed by atoms with van der Waals surface area (Å²) in [6.07, 6.45) is 1.07. The summed E-state index contributed by atoms with van der Waals surface area (Å²) >= 11 is 1.50. The number of aromatic nitrogens is 1. The van der Waals surface area contributed by atoms with Crippen LogP contribution in [0.25, 0.3) is 0 Å². The molecule has 0 fully saturated rings. The first-order valence-electron chi connectivity index (χ1n) is 5.76. The van der Waals surface area contributed by atoms with Gasteiger partial charge in [-0.3, -0.25) is 4.79 Å². The van der Waals surface area contributed by atoms with E-state index in [9.17, 15) is 4.79 Å². The molecule has 0 bridgehead atoms. The summed E-state index contributed by atoms with van der Waals surface area (Å²) in [4.78, 5) is 16.1. The molecular formula is C13H15N3OS. The summed E-state index contributed by atoms with van der Waals surface area (Å²) in [7, 11) is 0. The Morgan fingerprint density at radius 1 is 1.33 bits per heavy atom. The molecule has 3 N–H and O–H groups in total. The molecule has 94 valence electrons. The Labute approximate surface area is 110 Å². The zero-order chi connectivity index (χ0) is 12.8. The molecule has 0 unspecified atom stereocenters. The second kappa shape index (κ2) is 6.28. The second-order valence-electron chi connectivity index (χ2n) is 3.86. The highest BCUT2D eigenvalue weighted by Crippen LogP contribution is 2.12. The number of hydrogen-bond acceptors (Lipinski definition) is 4. The van der Waals surface area contributed by atoms with Gasteiger partial charge in [0, 0.05) is 17.5 Å². The summed E-state index contributed by atoms with van der Waals surface area (Å²) in [5.41, 5.74) is 7.23. The lowest BCUT2D eigenvalue weighted by molar-refractivity contribution is -0.115. The van der Waals surface area contributed by atoms with Crippen LogP contribution in [0.5, 0.6) is 0 Å². The van der Waals surface area contributed by atoms with Crippen molar-refractivity contribution >= 4 is 22.9 Å². The zero-order valence-corrected chi connectivity index (χ0v) is 10.7. The van der Waals surface area contributed by atoms with Gasteiger partial charge in [-0.2, -0.15) is 0 Å². The van der Waals surface area contributed by atoms with Gasteiger partial charge in [-0.1, -0.05) is 18.2 Å². The van der Waals surface area contributed by atoms with Crippen LogP contribution in [0.1, 0.15) is 10.7 Å². The lowest BCUT2D eigenvalue weighted by Crippen LogP contribution is -2.14. The summed E-state index contributed by atoms with van der Waals surface area (Å²) < 4.78 is 0. The fourth-order valence-corrected chi connectivity index (χ4v) is 2.38. The minimum Gasteiger partial charge on any atom is -0.330 e. The summed E-state index contributed by atoms with van der Waals surface area (Å²) in [6.45, 7) is 0.583. The number of anilines is 1. The number of nitrogens with one attached hydrogen (secondary N) is 1. The third-order valence-electron chi connectivity index (χ3n) is 2.37. The maximum Gasteiger partial charge on any atom is 0.231 e. The van der Waals surface area contributed by atoms with Crippen LogP contribution < -0.4 is 11.1 Å². The van der Waals surface area contributed by atoms with Crippen molar-refractivity contribution in [3.05, 3.63) is 46.4 Å². The first kappa shape index (κ1) is 12.7. The number of benzene rings is 1. The van der Waals surface area contributed by atoms with Gasteiger partial charge in [0.25, 0.3) is 0 Å². The molecule has 0 saturated carbocycles. The minimum absolute atomic E-state index is 0.0464. The van der Waals surface area contributed by atoms with Gasteiger partial charge in [-0.15, -0.1) is 11.3 Å². The van der Waals surface area contributed by atoms with Crippen molar-refractivity contribution in [2.45, 2.75) is 12.8 Å². The number of thiazole rings is 1. The van der Waals surface area contributed by atoms with E-state index in [1.54, 1.807) is 0 Å². The largest absolute Gasteiger partial charge is 0.330 e. The number of carbonyl (C=O) groups excluding carboxylic acids is 1. The van der Waals surface area contributed by atoms with Gasteiger partial charge in [0.2, 0.25) is 5.91 Å². The van der Waals surface area contributed by atoms with Crippen LogP contribution in [-0.4, -0.2) is 17.4 Å². The number of amides is 1. The molecule has 1 aromatic carbocycles. The Morgan fingerprint density at radius 3 is 2.83 bits per heavy atom. The molecule has 0 atom stereocenters. The van der Waals surface area contributed by atoms with Crippen molar-refractivity contribution in [3.8, 4) is 0 Å². The SMILES string of the molecule is NCCc1csc(CC(=O)Nc2ccccc2)n1. The first-order chi connectivity index (χ1) is 8.78. The van der Waals surface area contributed by atoms with Gasteiger partial charge in [0.1, 0.15) is 5.01 Å². The topological polar surface area (TPSA) is 68.0 Å². The minimum atomic E-state index is -0.0464. The average molecular weight is 261 g/mol. The Hall–Kier alpha value is -1.72. The van der Waals surface area contributed by atoms with Gasteiger partial charge in [-0.25, -0.2) is 4.98 Å². The van der Waals surface area contributed by atoms with Gasteiger partial charge >= 0.3 is 0 Å². The monoisotopic (exact) mass is 261 g/mol. The van der Waals surface area contributed by atoms with Gasteiger partial charge in [0.05, 0.1) is 12.1 Å². The molecule has 0 aliphatic heterocycles. The van der Waals surface area contributed by atoms with E-state index >= 15 is 0 Å². The lowest BCUT2D eigenvalue weighted by Gasteiger charge is -2.02. The number of para-hydroxylation sites is 1. The molecular weight excluding hydrogens is 246 g/mol. The van der Waals surface area contributed by atoms with Crippen molar-refractivity contribution < 1.29 is 4.79 Å². The van der Waals surface area contributed by atoms with Crippen molar-refractivity contribution in [3.63, 3.8) is 0 Å². The van der Waals surface area contributed by atoms with Crippen molar-refractivity contribution in [1.82, 2.24) is 4.98 Å². The fourth-order valence-electron chi connectivity index (χ4n) is 1.56. The number of nitrogens with zero attached hydrogens (tertiary/aromatic N) is 1. The number of carbonyl (C=O) groups is 1. The Bertz CT molecular complexity index is 510. The van der Waals surface area contributed by atoms with Gasteiger partial charge in [-0.05, 0) is 18.7 Å². The number of nitrogens with two attached hydrogens (primary N) is 1. The highest BCUT2D eigenvalue weighted by atomic mass is 32.1. The molecule has 0 radical (unpaired) electrons. The standard InChI is InChI=1S/C13H15N3OS/c14-7-6-11-9-18-13(16-11)8-12(17)15-10-4-2-1-3-5-10/h1-5,9H,6-8,14H2,(H,15,17). The first-order valence-corrected chi connectivity index (χ1v) is 6.64. The Morgan fingerprint density at radius 2 is 2.11 bits per heavy atom. The van der Waals surface area contributed by atoms with E-state index in [1.807, 2.05) is 35.7 Å². The average Bonchev–Trinajstić information content (AvgIpc) is 2.78. The van der Waals surface area contributed by atoms with E-state index in [-0.39, 0.29) is 5.91 Å². The molecule has 1 amide bonds. The number of hydrogen-bond donors (Lipinski definition) is 2. The molecule has 0 spiro atoms. The molecule has 0 aliphatic rings. The Balaban J connectivity index is 1.90. The third-order valence-corrected chi connectivity index (χ3v) is 3.27. The zero-order valence-electron chi connectivity index (χ0n) is 9.93. The summed E-state index contributed by atoms with van der Waals surface area (Å²) in [5.74, 6) is -0.0464. The molecule has 2 rings (SSSR count). The highest BCUT2D eigenvalue weighted by molar-refractivity contribution is 7.09. The van der Waals surface area contributed by atoms with Crippen molar-refractivity contribution in [1.29, 1.82) is 0 Å². The van der Waals surface area contributed by atoms with E-state index in [4.69, 9.17) is 5.73 Å². The third kappa shape index (κ3) is 3.65. The summed E-state index contributed by atoms with van der Waals surface area (Å²) in [6, 6.07) is 9.41. The van der Waals surface area contributed by atoms with Crippen molar-refractivity contribution in [2.75, 3.05) is 11.9 Å². The molecule has 1 aromatic heterocycles. The van der Waals surface area contributed by atoms with E-state index in [1.165, 1.54) is 11.3 Å². The van der Waals surface area contributed by atoms with E-state index in [2.05, 4.69) is 10.3 Å². The van der Waals surface area contributed by atoms with E-state index in [0.29, 0.717) is 13.0 Å². The molecule has 1 heterocycles. The maximum atomic E-state index is 11.8. The van der Waals surface area contributed by atoms with Crippen LogP contribution in [0.2, 0.25) is 0 Å². The molecule has 18 heavy (non-hydrogen) atoms. The van der Waals surface area contributed by atoms with E-state index in [0.717, 1.165) is 22.8 Å². The van der Waals surface area contributed by atoms with Crippen LogP contribution >= 0.6 is 11.3 Å². The van der Waals surface area contributed by atoms with Crippen LogP contribution in [0.3, 0.4) is 0 Å². The van der Waals surface area contributed by atoms with Crippen LogP contribution in [0, 0.1) is 0 Å². The van der Waals surface area contributed by atoms with Gasteiger partial charge in [0.15, 0.2) is 0 Å². The second-order valence-corrected chi connectivity index (χ2v) is 4.80. The number of rotatable bonds is 5. The quantitative estimate of drug-likeness (QED) is 0.862. The Kier molecular flexibility index (Phi) is 4.44. The highest BCUT2D eigenvalue weighted by Gasteiger charge is 2.07. The molecule has 0 saturated heterocycles. The van der Waals surface area contributed by atoms with E-state index < -0.39 is 0 Å². The van der Waals surface area contributed by atoms with Crippen LogP contribution in [0.4, 0.5) is 5.69 Å². The fraction of sp³-hybridized carbons (Fsp3) is 0.231. The van der Waals surface area contributed by atoms with Crippen molar-refractivity contribution in [2.24, 2.45) is 5.73 Å². The molecule has 0 aliphatic carbocycles. The maximum absolute atomic E-state index is 11.8. The predicted molar refractivity (Wildman–Crippen MR) is 73.6 cm³/mol. The van der Waals surface area contributed by atoms with Crippen LogP contribution in [0.15, 0.2) is 35.7 Å². The normalized spacial score (nSPS) is 10.3. The molecule has 5 heteroatoms. The van der Waals surface area contributed by atoms with Gasteiger partial charge < -0.3 is 11.1 Å². The molecule has 4 nitrogen and oxygen atoms in total. The summed E-state index contributed by atoms with van der Waals surface area (Å²) in [5, 5.41) is 5.62. The molecule has 2 aromatic rings. The smallest absolute Gasteiger partial charge is 0.231 e.